The zero-order chi connectivity index (χ0) is 22.4. The first-order valence-corrected chi connectivity index (χ1v) is 12.5. The van der Waals surface area contributed by atoms with E-state index in [4.69, 9.17) is 16.0 Å². The van der Waals surface area contributed by atoms with Crippen LogP contribution < -0.4 is 5.76 Å². The lowest BCUT2D eigenvalue weighted by Crippen LogP contribution is -2.43. The van der Waals surface area contributed by atoms with Gasteiger partial charge in [-0.1, -0.05) is 23.2 Å². The van der Waals surface area contributed by atoms with Crippen molar-refractivity contribution < 1.29 is 12.8 Å². The van der Waals surface area contributed by atoms with Crippen LogP contribution in [0.3, 0.4) is 0 Å². The first-order valence-electron chi connectivity index (χ1n) is 10.7. The zero-order valence-corrected chi connectivity index (χ0v) is 19.3. The number of aryl methyl sites for hydroxylation is 3. The molecule has 2 aliphatic rings. The van der Waals surface area contributed by atoms with Crippen LogP contribution in [0.1, 0.15) is 35.7 Å². The summed E-state index contributed by atoms with van der Waals surface area (Å²) in [5.41, 5.74) is 5.42. The van der Waals surface area contributed by atoms with Crippen LogP contribution in [-0.4, -0.2) is 28.4 Å². The van der Waals surface area contributed by atoms with Gasteiger partial charge >= 0.3 is 5.76 Å². The Kier molecular flexibility index (Phi) is 4.22. The van der Waals surface area contributed by atoms with E-state index in [1.807, 2.05) is 0 Å². The van der Waals surface area contributed by atoms with Gasteiger partial charge in [0.2, 0.25) is 10.0 Å². The third kappa shape index (κ3) is 2.63. The van der Waals surface area contributed by atoms with Crippen LogP contribution in [0.25, 0.3) is 22.0 Å². The van der Waals surface area contributed by atoms with Crippen molar-refractivity contribution in [3.63, 3.8) is 0 Å². The summed E-state index contributed by atoms with van der Waals surface area (Å²) in [5.74, 6) is -0.555. The van der Waals surface area contributed by atoms with Gasteiger partial charge in [-0.3, -0.25) is 4.57 Å². The van der Waals surface area contributed by atoms with Crippen molar-refractivity contribution in [2.75, 3.05) is 6.54 Å². The van der Waals surface area contributed by atoms with Gasteiger partial charge < -0.3 is 8.98 Å². The standard InChI is InChI=1S/C23H22ClN3O4S/c1-13-6-7-17-15(10-13)14-4-3-5-18-22(14)26(17)8-9-27(18)32(29,30)21-12-20-19(11-16(21)24)25(2)23(28)31-20/h6-7,10-12,18H,3-5,8-9H2,1-2H3/t18-/m0/s1. The van der Waals surface area contributed by atoms with E-state index in [1.54, 1.807) is 11.4 Å². The predicted octanol–water partition coefficient (Wildman–Crippen LogP) is 4.13. The molecule has 7 nitrogen and oxygen atoms in total. The molecule has 2 aromatic carbocycles. The summed E-state index contributed by atoms with van der Waals surface area (Å²) >= 11 is 6.44. The Labute approximate surface area is 189 Å². The van der Waals surface area contributed by atoms with Crippen molar-refractivity contribution in [3.05, 3.63) is 62.7 Å². The summed E-state index contributed by atoms with van der Waals surface area (Å²) in [7, 11) is -2.34. The lowest BCUT2D eigenvalue weighted by atomic mass is 9.90. The number of rotatable bonds is 2. The number of aromatic nitrogens is 2. The fourth-order valence-corrected chi connectivity index (χ4v) is 7.55. The highest BCUT2D eigenvalue weighted by Gasteiger charge is 2.41. The Morgan fingerprint density at radius 1 is 1.12 bits per heavy atom. The fourth-order valence-electron chi connectivity index (χ4n) is 5.43. The second kappa shape index (κ2) is 6.73. The molecular weight excluding hydrogens is 450 g/mol. The first-order chi connectivity index (χ1) is 15.3. The van der Waals surface area contributed by atoms with Crippen LogP contribution >= 0.6 is 11.6 Å². The predicted molar refractivity (Wildman–Crippen MR) is 123 cm³/mol. The third-order valence-electron chi connectivity index (χ3n) is 6.91. The van der Waals surface area contributed by atoms with E-state index in [9.17, 15) is 13.2 Å². The molecule has 9 heteroatoms. The Morgan fingerprint density at radius 3 is 2.75 bits per heavy atom. The second-order valence-electron chi connectivity index (χ2n) is 8.74. The van der Waals surface area contributed by atoms with Crippen LogP contribution in [0.2, 0.25) is 5.02 Å². The van der Waals surface area contributed by atoms with E-state index in [0.717, 1.165) is 25.0 Å². The van der Waals surface area contributed by atoms with Gasteiger partial charge in [0.1, 0.15) is 4.90 Å². The maximum atomic E-state index is 13.8. The molecule has 1 aliphatic carbocycles. The van der Waals surface area contributed by atoms with Crippen LogP contribution in [-0.2, 0) is 30.0 Å². The SMILES string of the molecule is Cc1ccc2c(c1)c1c3n2CCN(S(=O)(=O)c2cc4oc(=O)n(C)c4cc2Cl)[C@H]3CCC1. The number of fused-ring (bicyclic) bond motifs is 4. The van der Waals surface area contributed by atoms with E-state index in [0.29, 0.717) is 18.6 Å². The van der Waals surface area contributed by atoms with E-state index >= 15 is 0 Å². The van der Waals surface area contributed by atoms with Crippen molar-refractivity contribution in [2.45, 2.75) is 43.7 Å². The second-order valence-corrected chi connectivity index (χ2v) is 11.0. The van der Waals surface area contributed by atoms with Crippen molar-refractivity contribution in [2.24, 2.45) is 7.05 Å². The minimum atomic E-state index is -3.90. The van der Waals surface area contributed by atoms with E-state index in [1.165, 1.54) is 38.7 Å². The summed E-state index contributed by atoms with van der Waals surface area (Å²) in [6.07, 6.45) is 2.65. The monoisotopic (exact) mass is 471 g/mol. The minimum Gasteiger partial charge on any atom is -0.408 e. The Balaban J connectivity index is 1.52. The minimum absolute atomic E-state index is 0.0199. The summed E-state index contributed by atoms with van der Waals surface area (Å²) in [4.78, 5) is 11.9. The number of benzene rings is 2. The number of halogens is 1. The van der Waals surface area contributed by atoms with Crippen molar-refractivity contribution in [1.82, 2.24) is 13.4 Å². The van der Waals surface area contributed by atoms with Gasteiger partial charge in [0, 0.05) is 42.8 Å². The lowest BCUT2D eigenvalue weighted by molar-refractivity contribution is 0.243. The van der Waals surface area contributed by atoms with Gasteiger partial charge in [-0.15, -0.1) is 0 Å². The normalized spacial score (nSPS) is 19.0. The molecule has 0 N–H and O–H groups in total. The van der Waals surface area contributed by atoms with E-state index < -0.39 is 15.8 Å². The average molecular weight is 472 g/mol. The molecule has 4 aromatic rings. The molecule has 0 unspecified atom stereocenters. The van der Waals surface area contributed by atoms with Crippen molar-refractivity contribution in [3.8, 4) is 0 Å². The van der Waals surface area contributed by atoms with Gasteiger partial charge in [-0.05, 0) is 49.9 Å². The molecular formula is C23H22ClN3O4S. The summed E-state index contributed by atoms with van der Waals surface area (Å²) in [5, 5.41) is 1.32. The molecule has 2 aromatic heterocycles. The highest BCUT2D eigenvalue weighted by Crippen LogP contribution is 2.45. The van der Waals surface area contributed by atoms with E-state index in [2.05, 4.69) is 29.7 Å². The number of sulfonamides is 1. The Hall–Kier alpha value is -2.55. The summed E-state index contributed by atoms with van der Waals surface area (Å²) in [6.45, 7) is 3.04. The molecule has 166 valence electrons. The first kappa shape index (κ1) is 20.1. The molecule has 3 heterocycles. The van der Waals surface area contributed by atoms with Crippen LogP contribution in [0.5, 0.6) is 0 Å². The topological polar surface area (TPSA) is 77.5 Å². The molecule has 32 heavy (non-hydrogen) atoms. The Morgan fingerprint density at radius 2 is 1.94 bits per heavy atom. The summed E-state index contributed by atoms with van der Waals surface area (Å²) < 4.78 is 38.1. The maximum absolute atomic E-state index is 13.8. The highest BCUT2D eigenvalue weighted by molar-refractivity contribution is 7.89. The number of oxazole rings is 1. The molecule has 1 atom stereocenters. The Bertz CT molecular complexity index is 1600. The number of hydrogen-bond donors (Lipinski definition) is 0. The fraction of sp³-hybridized carbons (Fsp3) is 0.348. The van der Waals surface area contributed by atoms with Gasteiger partial charge in [-0.25, -0.2) is 13.2 Å². The van der Waals surface area contributed by atoms with Gasteiger partial charge in [0.15, 0.2) is 5.58 Å². The molecule has 0 radical (unpaired) electrons. The van der Waals surface area contributed by atoms with Crippen LogP contribution in [0.15, 0.2) is 44.4 Å². The van der Waals surface area contributed by atoms with Gasteiger partial charge in [0.25, 0.3) is 0 Å². The largest absolute Gasteiger partial charge is 0.419 e. The number of hydrogen-bond acceptors (Lipinski definition) is 4. The molecule has 0 fully saturated rings. The molecule has 0 spiro atoms. The molecule has 0 amide bonds. The van der Waals surface area contributed by atoms with Crippen LogP contribution in [0, 0.1) is 6.92 Å². The zero-order valence-electron chi connectivity index (χ0n) is 17.8. The molecule has 0 saturated heterocycles. The summed E-state index contributed by atoms with van der Waals surface area (Å²) in [6, 6.07) is 9.10. The van der Waals surface area contributed by atoms with E-state index in [-0.39, 0.29) is 21.5 Å². The van der Waals surface area contributed by atoms with Gasteiger partial charge in [-0.2, -0.15) is 4.31 Å². The quantitative estimate of drug-likeness (QED) is 0.440. The van der Waals surface area contributed by atoms with Gasteiger partial charge in [0.05, 0.1) is 16.6 Å². The lowest BCUT2D eigenvalue weighted by Gasteiger charge is -2.39. The average Bonchev–Trinajstić information content (AvgIpc) is 3.23. The highest BCUT2D eigenvalue weighted by atomic mass is 35.5. The van der Waals surface area contributed by atoms with Crippen molar-refractivity contribution in [1.29, 1.82) is 0 Å². The molecule has 6 rings (SSSR count). The smallest absolute Gasteiger partial charge is 0.408 e. The van der Waals surface area contributed by atoms with Crippen LogP contribution in [0.4, 0.5) is 0 Å². The molecule has 1 aliphatic heterocycles. The number of nitrogens with zero attached hydrogens (tertiary/aromatic N) is 3. The maximum Gasteiger partial charge on any atom is 0.419 e. The molecule has 0 bridgehead atoms. The van der Waals surface area contributed by atoms with Crippen molar-refractivity contribution >= 4 is 43.6 Å². The third-order valence-corrected chi connectivity index (χ3v) is 9.28. The molecule has 0 saturated carbocycles.